The molecule has 2 nitrogen and oxygen atoms in total. The zero-order chi connectivity index (χ0) is 12.8. The summed E-state index contributed by atoms with van der Waals surface area (Å²) < 4.78 is 0. The molecular weight excluding hydrogens is 325 g/mol. The maximum Gasteiger partial charge on any atom is 0.251 e. The van der Waals surface area contributed by atoms with Gasteiger partial charge in [0, 0.05) is 16.9 Å². The number of nitrogens with one attached hydrogen (secondary N) is 1. The summed E-state index contributed by atoms with van der Waals surface area (Å²) in [5, 5.41) is 4.71. The first kappa shape index (κ1) is 14.8. The molecule has 17 heavy (non-hydrogen) atoms. The highest BCUT2D eigenvalue weighted by molar-refractivity contribution is 9.09. The third-order valence-corrected chi connectivity index (χ3v) is 3.63. The topological polar surface area (TPSA) is 29.1 Å². The Morgan fingerprint density at radius 3 is 2.71 bits per heavy atom. The van der Waals surface area contributed by atoms with Crippen LogP contribution in [0, 0.1) is 0 Å². The van der Waals surface area contributed by atoms with Crippen molar-refractivity contribution in [2.45, 2.75) is 25.8 Å². The van der Waals surface area contributed by atoms with Gasteiger partial charge in [-0.15, -0.1) is 0 Å². The lowest BCUT2D eigenvalue weighted by Gasteiger charge is -2.13. The number of benzene rings is 1. The molecule has 0 saturated heterocycles. The fourth-order valence-corrected chi connectivity index (χ4v) is 2.02. The molecule has 1 atom stereocenters. The molecule has 5 heteroatoms. The molecule has 0 aliphatic rings. The van der Waals surface area contributed by atoms with Crippen molar-refractivity contribution in [3.05, 3.63) is 33.8 Å². The second-order valence-corrected chi connectivity index (χ2v) is 5.44. The van der Waals surface area contributed by atoms with E-state index in [0.29, 0.717) is 15.6 Å². The minimum atomic E-state index is -0.120. The molecule has 0 saturated carbocycles. The first-order valence-electron chi connectivity index (χ1n) is 5.36. The zero-order valence-corrected chi connectivity index (χ0v) is 12.6. The van der Waals surface area contributed by atoms with E-state index in [0.717, 1.165) is 18.2 Å². The largest absolute Gasteiger partial charge is 0.350 e. The summed E-state index contributed by atoms with van der Waals surface area (Å²) in [5.74, 6) is -0.120. The third-order valence-electron chi connectivity index (χ3n) is 2.33. The summed E-state index contributed by atoms with van der Waals surface area (Å²) in [6.45, 7) is 1.98. The molecule has 1 aromatic carbocycles. The van der Waals surface area contributed by atoms with Gasteiger partial charge in [0.25, 0.3) is 5.91 Å². The molecule has 0 aliphatic heterocycles. The fraction of sp³-hybridized carbons (Fsp3) is 0.417. The van der Waals surface area contributed by atoms with Gasteiger partial charge in [0.05, 0.1) is 10.0 Å². The predicted octanol–water partition coefficient (Wildman–Crippen LogP) is 4.29. The van der Waals surface area contributed by atoms with E-state index in [1.54, 1.807) is 18.2 Å². The van der Waals surface area contributed by atoms with Crippen LogP contribution in [0.2, 0.25) is 10.0 Å². The van der Waals surface area contributed by atoms with E-state index in [-0.39, 0.29) is 11.9 Å². The summed E-state index contributed by atoms with van der Waals surface area (Å²) in [6.07, 6.45) is 1.97. The normalized spacial score (nSPS) is 12.2. The molecule has 0 bridgehead atoms. The van der Waals surface area contributed by atoms with Crippen LogP contribution in [0.15, 0.2) is 18.2 Å². The van der Waals surface area contributed by atoms with Gasteiger partial charge >= 0.3 is 0 Å². The number of hydrogen-bond acceptors (Lipinski definition) is 1. The van der Waals surface area contributed by atoms with Crippen molar-refractivity contribution in [1.29, 1.82) is 0 Å². The number of amides is 1. The Balaban J connectivity index is 2.60. The van der Waals surface area contributed by atoms with Gasteiger partial charge in [-0.3, -0.25) is 4.79 Å². The van der Waals surface area contributed by atoms with Crippen molar-refractivity contribution in [3.63, 3.8) is 0 Å². The second kappa shape index (κ2) is 7.24. The van der Waals surface area contributed by atoms with Crippen molar-refractivity contribution in [2.24, 2.45) is 0 Å². The van der Waals surface area contributed by atoms with Gasteiger partial charge in [0.2, 0.25) is 0 Å². The van der Waals surface area contributed by atoms with E-state index in [1.807, 2.05) is 6.92 Å². The molecular formula is C12H14BrCl2NO. The third kappa shape index (κ3) is 4.86. The molecule has 1 N–H and O–H groups in total. The highest BCUT2D eigenvalue weighted by Gasteiger charge is 2.10. The quantitative estimate of drug-likeness (QED) is 0.797. The number of alkyl halides is 1. The van der Waals surface area contributed by atoms with Crippen molar-refractivity contribution in [1.82, 2.24) is 5.32 Å². The molecule has 1 unspecified atom stereocenters. The lowest BCUT2D eigenvalue weighted by atomic mass is 10.1. The first-order chi connectivity index (χ1) is 8.04. The van der Waals surface area contributed by atoms with Crippen molar-refractivity contribution >= 4 is 45.0 Å². The van der Waals surface area contributed by atoms with E-state index in [4.69, 9.17) is 23.2 Å². The van der Waals surface area contributed by atoms with Gasteiger partial charge in [-0.25, -0.2) is 0 Å². The van der Waals surface area contributed by atoms with Crippen LogP contribution in [0.4, 0.5) is 0 Å². The minimum Gasteiger partial charge on any atom is -0.350 e. The Labute approximate surface area is 120 Å². The summed E-state index contributed by atoms with van der Waals surface area (Å²) in [4.78, 5) is 11.9. The van der Waals surface area contributed by atoms with Crippen molar-refractivity contribution in [2.75, 3.05) is 5.33 Å². The number of halogens is 3. The van der Waals surface area contributed by atoms with Gasteiger partial charge in [-0.05, 0) is 38.0 Å². The molecule has 0 spiro atoms. The first-order valence-corrected chi connectivity index (χ1v) is 7.24. The second-order valence-electron chi connectivity index (χ2n) is 3.83. The summed E-state index contributed by atoms with van der Waals surface area (Å²) in [5.41, 5.74) is 0.532. The van der Waals surface area contributed by atoms with E-state index < -0.39 is 0 Å². The van der Waals surface area contributed by atoms with Gasteiger partial charge < -0.3 is 5.32 Å². The number of carbonyl (C=O) groups is 1. The Kier molecular flexibility index (Phi) is 6.31. The molecule has 0 fully saturated rings. The van der Waals surface area contributed by atoms with Gasteiger partial charge in [-0.1, -0.05) is 39.1 Å². The van der Waals surface area contributed by atoms with Crippen LogP contribution in [0.3, 0.4) is 0 Å². The van der Waals surface area contributed by atoms with Crippen LogP contribution in [0.25, 0.3) is 0 Å². The monoisotopic (exact) mass is 337 g/mol. The minimum absolute atomic E-state index is 0.120. The average Bonchev–Trinajstić information content (AvgIpc) is 2.30. The van der Waals surface area contributed by atoms with Crippen LogP contribution < -0.4 is 5.32 Å². The van der Waals surface area contributed by atoms with Gasteiger partial charge in [0.1, 0.15) is 0 Å². The van der Waals surface area contributed by atoms with Crippen LogP contribution in [-0.2, 0) is 0 Å². The van der Waals surface area contributed by atoms with E-state index in [9.17, 15) is 4.79 Å². The SMILES string of the molecule is CC(CCCBr)NC(=O)c1ccc(Cl)c(Cl)c1. The zero-order valence-electron chi connectivity index (χ0n) is 9.47. The maximum absolute atomic E-state index is 11.9. The smallest absolute Gasteiger partial charge is 0.251 e. The summed E-state index contributed by atoms with van der Waals surface area (Å²) in [7, 11) is 0. The van der Waals surface area contributed by atoms with Crippen LogP contribution in [0.1, 0.15) is 30.1 Å². The summed E-state index contributed by atoms with van der Waals surface area (Å²) >= 11 is 15.0. The highest BCUT2D eigenvalue weighted by atomic mass is 79.9. The van der Waals surface area contributed by atoms with Crippen molar-refractivity contribution < 1.29 is 4.79 Å². The van der Waals surface area contributed by atoms with E-state index >= 15 is 0 Å². The molecule has 0 aromatic heterocycles. The fourth-order valence-electron chi connectivity index (χ4n) is 1.40. The molecule has 1 amide bonds. The van der Waals surface area contributed by atoms with Gasteiger partial charge in [0.15, 0.2) is 0 Å². The summed E-state index contributed by atoms with van der Waals surface area (Å²) in [6, 6.07) is 5.02. The molecule has 0 aliphatic carbocycles. The lowest BCUT2D eigenvalue weighted by Crippen LogP contribution is -2.32. The Morgan fingerprint density at radius 1 is 1.41 bits per heavy atom. The lowest BCUT2D eigenvalue weighted by molar-refractivity contribution is 0.0938. The Bertz CT molecular complexity index is 398. The van der Waals surface area contributed by atoms with Crippen LogP contribution in [0.5, 0.6) is 0 Å². The molecule has 0 radical (unpaired) electrons. The molecule has 1 aromatic rings. The van der Waals surface area contributed by atoms with Crippen LogP contribution in [-0.4, -0.2) is 17.3 Å². The number of carbonyl (C=O) groups excluding carboxylic acids is 1. The van der Waals surface area contributed by atoms with Crippen molar-refractivity contribution in [3.8, 4) is 0 Å². The Hall–Kier alpha value is -0.250. The highest BCUT2D eigenvalue weighted by Crippen LogP contribution is 2.22. The van der Waals surface area contributed by atoms with E-state index in [2.05, 4.69) is 21.2 Å². The molecule has 94 valence electrons. The average molecular weight is 339 g/mol. The number of rotatable bonds is 5. The number of hydrogen-bond donors (Lipinski definition) is 1. The predicted molar refractivity (Wildman–Crippen MR) is 76.4 cm³/mol. The standard InChI is InChI=1S/C12H14BrCl2NO/c1-8(3-2-6-13)16-12(17)9-4-5-10(14)11(15)7-9/h4-5,7-8H,2-3,6H2,1H3,(H,16,17). The molecule has 0 heterocycles. The van der Waals surface area contributed by atoms with Crippen LogP contribution >= 0.6 is 39.1 Å². The van der Waals surface area contributed by atoms with E-state index in [1.165, 1.54) is 0 Å². The maximum atomic E-state index is 11.9. The Morgan fingerprint density at radius 2 is 2.12 bits per heavy atom. The molecule has 1 rings (SSSR count). The van der Waals surface area contributed by atoms with Gasteiger partial charge in [-0.2, -0.15) is 0 Å².